The smallest absolute Gasteiger partial charge is 0.260 e. The number of benzene rings is 2. The number of rotatable bonds is 5. The number of carbonyl (C=O) groups excluding carboxylic acids is 3. The number of aryl methyl sites for hydroxylation is 1. The lowest BCUT2D eigenvalue weighted by molar-refractivity contribution is -0.122. The van der Waals surface area contributed by atoms with Crippen molar-refractivity contribution in [2.45, 2.75) is 12.6 Å². The van der Waals surface area contributed by atoms with Crippen LogP contribution in [0.1, 0.15) is 38.3 Å². The minimum atomic E-state index is -0.644. The first-order valence-corrected chi connectivity index (χ1v) is 9.98. The summed E-state index contributed by atoms with van der Waals surface area (Å²) in [6.07, 6.45) is 1.44. The summed E-state index contributed by atoms with van der Waals surface area (Å²) in [5.74, 6) is -0.122. The molecule has 31 heavy (non-hydrogen) atoms. The minimum Gasteiger partial charge on any atom is -0.354 e. The maximum Gasteiger partial charge on any atom is 0.260 e. The molecule has 1 N–H and O–H groups in total. The molecule has 9 heteroatoms. The van der Waals surface area contributed by atoms with E-state index >= 15 is 0 Å². The fourth-order valence-electron chi connectivity index (χ4n) is 4.16. The van der Waals surface area contributed by atoms with E-state index in [2.05, 4.69) is 15.4 Å². The first kappa shape index (κ1) is 19.0. The van der Waals surface area contributed by atoms with Gasteiger partial charge in [0.15, 0.2) is 5.82 Å². The SMILES string of the molecule is Cn1cnc(CCNC(=O)CN2C(=O)c3ccccc3N3C(=O)c4ccccc4[C@@H]23)n1. The van der Waals surface area contributed by atoms with Gasteiger partial charge in [0.25, 0.3) is 11.8 Å². The Morgan fingerprint density at radius 3 is 2.55 bits per heavy atom. The lowest BCUT2D eigenvalue weighted by atomic mass is 10.0. The van der Waals surface area contributed by atoms with Crippen molar-refractivity contribution in [3.05, 3.63) is 77.4 Å². The molecule has 1 aromatic heterocycles. The van der Waals surface area contributed by atoms with E-state index in [0.29, 0.717) is 35.6 Å². The molecule has 9 nitrogen and oxygen atoms in total. The van der Waals surface area contributed by atoms with Gasteiger partial charge in [-0.25, -0.2) is 4.98 Å². The van der Waals surface area contributed by atoms with Crippen molar-refractivity contribution in [2.24, 2.45) is 7.05 Å². The zero-order chi connectivity index (χ0) is 21.5. The number of anilines is 1. The van der Waals surface area contributed by atoms with E-state index in [0.717, 1.165) is 5.56 Å². The van der Waals surface area contributed by atoms with Gasteiger partial charge in [-0.1, -0.05) is 30.3 Å². The van der Waals surface area contributed by atoms with Gasteiger partial charge in [0.2, 0.25) is 5.91 Å². The summed E-state index contributed by atoms with van der Waals surface area (Å²) < 4.78 is 1.60. The van der Waals surface area contributed by atoms with Crippen LogP contribution in [0.25, 0.3) is 0 Å². The molecule has 5 rings (SSSR count). The van der Waals surface area contributed by atoms with Crippen LogP contribution < -0.4 is 10.2 Å². The normalized spacial score (nSPS) is 16.7. The zero-order valence-electron chi connectivity index (χ0n) is 16.9. The van der Waals surface area contributed by atoms with Crippen LogP contribution in [-0.2, 0) is 18.3 Å². The van der Waals surface area contributed by atoms with Crippen LogP contribution in [0.2, 0.25) is 0 Å². The second-order valence-electron chi connectivity index (χ2n) is 7.52. The number of hydrogen-bond acceptors (Lipinski definition) is 5. The molecule has 0 radical (unpaired) electrons. The molecule has 3 amide bonds. The molecule has 2 aliphatic rings. The largest absolute Gasteiger partial charge is 0.354 e. The van der Waals surface area contributed by atoms with Crippen molar-refractivity contribution in [1.82, 2.24) is 25.0 Å². The molecule has 0 aliphatic carbocycles. The summed E-state index contributed by atoms with van der Waals surface area (Å²) >= 11 is 0. The predicted octanol–water partition coefficient (Wildman–Crippen LogP) is 1.29. The molecule has 0 bridgehead atoms. The first-order chi connectivity index (χ1) is 15.0. The minimum absolute atomic E-state index is 0.161. The highest BCUT2D eigenvalue weighted by Gasteiger charge is 2.47. The summed E-state index contributed by atoms with van der Waals surface area (Å²) in [5.41, 5.74) is 2.24. The van der Waals surface area contributed by atoms with E-state index in [9.17, 15) is 14.4 Å². The van der Waals surface area contributed by atoms with E-state index in [1.54, 1.807) is 59.4 Å². The van der Waals surface area contributed by atoms with Gasteiger partial charge < -0.3 is 10.2 Å². The quantitative estimate of drug-likeness (QED) is 0.676. The monoisotopic (exact) mass is 416 g/mol. The van der Waals surface area contributed by atoms with Crippen molar-refractivity contribution >= 4 is 23.4 Å². The highest BCUT2D eigenvalue weighted by molar-refractivity contribution is 6.17. The molecule has 1 atom stereocenters. The van der Waals surface area contributed by atoms with Gasteiger partial charge in [-0.2, -0.15) is 5.10 Å². The molecule has 3 heterocycles. The van der Waals surface area contributed by atoms with Gasteiger partial charge in [0.1, 0.15) is 19.0 Å². The Hall–Kier alpha value is -4.01. The highest BCUT2D eigenvalue weighted by Crippen LogP contribution is 2.44. The Kier molecular flexibility index (Phi) is 4.50. The number of fused-ring (bicyclic) bond motifs is 5. The van der Waals surface area contributed by atoms with Gasteiger partial charge >= 0.3 is 0 Å². The van der Waals surface area contributed by atoms with Crippen molar-refractivity contribution in [1.29, 1.82) is 0 Å². The third-order valence-corrected chi connectivity index (χ3v) is 5.51. The summed E-state index contributed by atoms with van der Waals surface area (Å²) in [4.78, 5) is 46.3. The Morgan fingerprint density at radius 1 is 1.03 bits per heavy atom. The highest BCUT2D eigenvalue weighted by atomic mass is 16.2. The van der Waals surface area contributed by atoms with Crippen LogP contribution in [0.4, 0.5) is 5.69 Å². The van der Waals surface area contributed by atoms with E-state index in [4.69, 9.17) is 0 Å². The van der Waals surface area contributed by atoms with Crippen LogP contribution in [0.15, 0.2) is 54.9 Å². The molecule has 156 valence electrons. The standard InChI is InChI=1S/C22H20N6O3/c1-26-13-24-18(25-26)10-11-23-19(29)12-27-20-14-6-2-3-7-15(14)22(31)28(20)17-9-5-4-8-16(17)21(27)30/h2-9,13,20H,10-12H2,1H3,(H,23,29)/t20-/m0/s1. The number of carbonyl (C=O) groups is 3. The lowest BCUT2D eigenvalue weighted by Gasteiger charge is -2.40. The lowest BCUT2D eigenvalue weighted by Crippen LogP contribution is -2.51. The summed E-state index contributed by atoms with van der Waals surface area (Å²) in [7, 11) is 1.78. The molecule has 0 fully saturated rings. The first-order valence-electron chi connectivity index (χ1n) is 9.98. The maximum atomic E-state index is 13.3. The molecular formula is C22H20N6O3. The summed E-state index contributed by atoms with van der Waals surface area (Å²) in [6, 6.07) is 14.2. The fraction of sp³-hybridized carbons (Fsp3) is 0.227. The molecule has 2 aliphatic heterocycles. The Bertz CT molecular complexity index is 1200. The van der Waals surface area contributed by atoms with E-state index in [1.807, 2.05) is 12.1 Å². The molecule has 3 aromatic rings. The van der Waals surface area contributed by atoms with Gasteiger partial charge in [-0.15, -0.1) is 0 Å². The Morgan fingerprint density at radius 2 is 1.77 bits per heavy atom. The topological polar surface area (TPSA) is 100 Å². The molecule has 2 aromatic carbocycles. The van der Waals surface area contributed by atoms with Gasteiger partial charge in [-0.05, 0) is 18.2 Å². The summed E-state index contributed by atoms with van der Waals surface area (Å²) in [5, 5.41) is 7.00. The number of aromatic nitrogens is 3. The van der Waals surface area contributed by atoms with Gasteiger partial charge in [-0.3, -0.25) is 24.0 Å². The van der Waals surface area contributed by atoms with E-state index in [1.165, 1.54) is 4.90 Å². The second kappa shape index (κ2) is 7.35. The molecular weight excluding hydrogens is 396 g/mol. The van der Waals surface area contributed by atoms with Crippen LogP contribution >= 0.6 is 0 Å². The summed E-state index contributed by atoms with van der Waals surface area (Å²) in [6.45, 7) is 0.191. The third-order valence-electron chi connectivity index (χ3n) is 5.51. The number of nitrogens with one attached hydrogen (secondary N) is 1. The Labute approximate surface area is 178 Å². The van der Waals surface area contributed by atoms with Crippen molar-refractivity contribution < 1.29 is 14.4 Å². The Balaban J connectivity index is 1.40. The van der Waals surface area contributed by atoms with E-state index < -0.39 is 6.17 Å². The van der Waals surface area contributed by atoms with E-state index in [-0.39, 0.29) is 24.3 Å². The average Bonchev–Trinajstić information content (AvgIpc) is 3.32. The van der Waals surface area contributed by atoms with Crippen LogP contribution in [0, 0.1) is 0 Å². The molecule has 0 saturated carbocycles. The molecule has 0 saturated heterocycles. The van der Waals surface area contributed by atoms with Gasteiger partial charge in [0.05, 0.1) is 11.3 Å². The zero-order valence-corrected chi connectivity index (χ0v) is 16.9. The van der Waals surface area contributed by atoms with Crippen LogP contribution in [-0.4, -0.2) is 50.5 Å². The predicted molar refractivity (Wildman–Crippen MR) is 111 cm³/mol. The van der Waals surface area contributed by atoms with Crippen molar-refractivity contribution in [3.63, 3.8) is 0 Å². The fourth-order valence-corrected chi connectivity index (χ4v) is 4.16. The van der Waals surface area contributed by atoms with Crippen LogP contribution in [0.5, 0.6) is 0 Å². The molecule has 0 unspecified atom stereocenters. The molecule has 0 spiro atoms. The average molecular weight is 416 g/mol. The number of hydrogen-bond donors (Lipinski definition) is 1. The third kappa shape index (κ3) is 3.14. The maximum absolute atomic E-state index is 13.3. The van der Waals surface area contributed by atoms with Crippen molar-refractivity contribution in [3.8, 4) is 0 Å². The number of nitrogens with zero attached hydrogens (tertiary/aromatic N) is 5. The second-order valence-corrected chi connectivity index (χ2v) is 7.52. The number of para-hydroxylation sites is 1. The number of amides is 3. The van der Waals surface area contributed by atoms with Crippen LogP contribution in [0.3, 0.4) is 0 Å². The van der Waals surface area contributed by atoms with Crippen molar-refractivity contribution in [2.75, 3.05) is 18.0 Å². The van der Waals surface area contributed by atoms with Gasteiger partial charge in [0, 0.05) is 31.1 Å².